The van der Waals surface area contributed by atoms with Gasteiger partial charge in [0.05, 0.1) is 0 Å². The molecule has 1 amide bonds. The number of hydroxylamine groups is 1. The van der Waals surface area contributed by atoms with Gasteiger partial charge in [-0.15, -0.1) is 0 Å². The van der Waals surface area contributed by atoms with Crippen molar-refractivity contribution in [2.24, 2.45) is 5.92 Å². The maximum Gasteiger partial charge on any atom is 2.00 e. The van der Waals surface area contributed by atoms with E-state index in [1.165, 1.54) is 18.3 Å². The molecule has 0 saturated heterocycles. The number of rotatable bonds is 10. The molecule has 0 spiro atoms. The molecule has 1 aliphatic rings. The molecule has 2 atom stereocenters. The number of unbranched alkanes of at least 4 members (excludes halogenated alkanes) is 4. The molecule has 6 N–H and O–H groups in total. The van der Waals surface area contributed by atoms with Crippen molar-refractivity contribution in [1.29, 1.82) is 0 Å². The Balaban J connectivity index is 0. The predicted molar refractivity (Wildman–Crippen MR) is 95.7 cm³/mol. The van der Waals surface area contributed by atoms with Crippen molar-refractivity contribution in [1.82, 2.24) is 5.48 Å². The summed E-state index contributed by atoms with van der Waals surface area (Å²) in [6.45, 7) is 0. The molecule has 0 unspecified atom stereocenters. The molecule has 160 valence electrons. The first-order chi connectivity index (χ1) is 12.3. The first-order valence-electron chi connectivity index (χ1n) is 9.10. The molecular weight excluding hydrogens is 537 g/mol. The summed E-state index contributed by atoms with van der Waals surface area (Å²) in [6.07, 6.45) is 8.14. The molecule has 0 heterocycles. The van der Waals surface area contributed by atoms with Crippen LogP contribution in [-0.4, -0.2) is 45.3 Å². The van der Waals surface area contributed by atoms with E-state index in [1.54, 1.807) is 0 Å². The number of aliphatic carboxylic acids is 2. The summed E-state index contributed by atoms with van der Waals surface area (Å²) < 4.78 is 0. The number of carboxylic acid groups (broad SMARTS) is 2. The second-order valence-electron chi connectivity index (χ2n) is 6.57. The van der Waals surface area contributed by atoms with Gasteiger partial charge in [0, 0.05) is 6.42 Å². The Morgan fingerprint density at radius 3 is 1.74 bits per heavy atom. The average Bonchev–Trinajstić information content (AvgIpc) is 2.59. The van der Waals surface area contributed by atoms with Gasteiger partial charge in [0.1, 0.15) is 0 Å². The van der Waals surface area contributed by atoms with E-state index in [1.807, 2.05) is 0 Å². The zero-order chi connectivity index (χ0) is 19.9. The summed E-state index contributed by atoms with van der Waals surface area (Å²) in [5.41, 5.74) is 16.1. The number of hydrogen-bond donors (Lipinski definition) is 4. The Morgan fingerprint density at radius 2 is 1.33 bits per heavy atom. The van der Waals surface area contributed by atoms with Crippen LogP contribution in [0, 0.1) is 5.92 Å². The van der Waals surface area contributed by atoms with Crippen LogP contribution in [0.25, 0.3) is 11.5 Å². The number of hydrogen-bond acceptors (Lipinski definition) is 4. The summed E-state index contributed by atoms with van der Waals surface area (Å²) in [4.78, 5) is 31.8. The molecule has 0 bridgehead atoms. The van der Waals surface area contributed by atoms with Crippen molar-refractivity contribution >= 4 is 17.8 Å². The Morgan fingerprint density at radius 1 is 0.889 bits per heavy atom. The first-order valence-corrected chi connectivity index (χ1v) is 9.10. The van der Waals surface area contributed by atoms with Crippen molar-refractivity contribution in [2.75, 3.05) is 0 Å². The fourth-order valence-corrected chi connectivity index (χ4v) is 2.70. The summed E-state index contributed by atoms with van der Waals surface area (Å²) in [5, 5.41) is 25.5. The molecule has 0 aromatic heterocycles. The molecule has 1 rings (SSSR count). The normalized spacial score (nSPS) is 18.7. The van der Waals surface area contributed by atoms with Gasteiger partial charge >= 0.3 is 33.0 Å². The van der Waals surface area contributed by atoms with Crippen molar-refractivity contribution < 1.29 is 50.9 Å². The van der Waals surface area contributed by atoms with Crippen LogP contribution in [0.1, 0.15) is 70.6 Å². The van der Waals surface area contributed by atoms with Gasteiger partial charge in [0.25, 0.3) is 0 Å². The largest absolute Gasteiger partial charge is 2.00 e. The van der Waals surface area contributed by atoms with Crippen molar-refractivity contribution in [2.45, 2.75) is 82.7 Å². The fourth-order valence-electron chi connectivity index (χ4n) is 2.70. The van der Waals surface area contributed by atoms with Crippen LogP contribution in [0.4, 0.5) is 0 Å². The molecule has 1 saturated carbocycles. The van der Waals surface area contributed by atoms with Gasteiger partial charge in [-0.2, -0.15) is 12.1 Å². The van der Waals surface area contributed by atoms with Gasteiger partial charge in [-0.05, 0) is 12.8 Å². The second kappa shape index (κ2) is 17.1. The number of carbonyl (C=O) groups excluding carboxylic acids is 1. The van der Waals surface area contributed by atoms with Gasteiger partial charge in [0.2, 0.25) is 5.91 Å². The summed E-state index contributed by atoms with van der Waals surface area (Å²) in [5.74, 6) is -4.36. The van der Waals surface area contributed by atoms with Crippen LogP contribution < -0.4 is 5.48 Å². The smallest absolute Gasteiger partial charge is 0.676 e. The van der Waals surface area contributed by atoms with Gasteiger partial charge in [-0.3, -0.25) is 19.6 Å². The van der Waals surface area contributed by atoms with Gasteiger partial charge in [-0.1, -0.05) is 51.4 Å². The van der Waals surface area contributed by atoms with E-state index in [0.29, 0.717) is 12.8 Å². The average molecular weight is 569 g/mol. The third-order valence-corrected chi connectivity index (χ3v) is 4.38. The molecule has 27 heavy (non-hydrogen) atoms. The molecule has 10 heteroatoms. The maximum atomic E-state index is 10.6. The van der Waals surface area contributed by atoms with E-state index >= 15 is 0 Å². The number of carboxylic acids is 2. The van der Waals surface area contributed by atoms with Crippen LogP contribution in [-0.2, 0) is 35.4 Å². The molecule has 1 aliphatic carbocycles. The van der Waals surface area contributed by atoms with Crippen LogP contribution in [0.15, 0.2) is 0 Å². The predicted octanol–water partition coefficient (Wildman–Crippen LogP) is 3.41. The summed E-state index contributed by atoms with van der Waals surface area (Å²) in [6, 6.07) is -0.160. The van der Waals surface area contributed by atoms with Crippen LogP contribution in [0.2, 0.25) is 0 Å². The molecule has 1 fully saturated rings. The van der Waals surface area contributed by atoms with Crippen molar-refractivity contribution in [3.05, 3.63) is 11.5 Å². The van der Waals surface area contributed by atoms with Crippen LogP contribution in [0.3, 0.4) is 0 Å². The van der Waals surface area contributed by atoms with E-state index in [2.05, 4.69) is 0 Å². The number of amides is 1. The molecule has 0 radical (unpaired) electrons. The Labute approximate surface area is 174 Å². The number of nitrogens with one attached hydrogen (secondary N) is 3. The van der Waals surface area contributed by atoms with Gasteiger partial charge in [0.15, 0.2) is 5.92 Å². The first kappa shape index (κ1) is 28.2. The van der Waals surface area contributed by atoms with Crippen molar-refractivity contribution in [3.8, 4) is 0 Å². The Hall–Kier alpha value is -1.02. The molecule has 9 nitrogen and oxygen atoms in total. The summed E-state index contributed by atoms with van der Waals surface area (Å²) in [7, 11) is 0. The molecule has 0 aromatic rings. The Bertz CT molecular complexity index is 415. The minimum Gasteiger partial charge on any atom is -0.676 e. The molecule has 0 aromatic carbocycles. The standard InChI is InChI=1S/C11H19NO6.C6H12N2.Pt/c13-9(12-18)7-5-3-1-2-4-6-8(10(14)15)11(16)17;7-5-3-1-2-4-6(5)8;/h8,18H,1-7H2,(H,12,13)(H,14,15)(H,16,17);5-8H,1-4H2;/q;-2;+2/t;5-,6-;/m.1./s1. The molecular formula is C17H31N3O6Pt. The quantitative estimate of drug-likeness (QED) is 0.136. The van der Waals surface area contributed by atoms with E-state index in [0.717, 1.165) is 32.1 Å². The van der Waals surface area contributed by atoms with E-state index < -0.39 is 23.8 Å². The van der Waals surface area contributed by atoms with Crippen LogP contribution >= 0.6 is 0 Å². The Kier molecular flexibility index (Phi) is 17.9. The maximum absolute atomic E-state index is 10.6. The van der Waals surface area contributed by atoms with Gasteiger partial charge < -0.3 is 21.7 Å². The zero-order valence-electron chi connectivity index (χ0n) is 15.4. The van der Waals surface area contributed by atoms with Crippen molar-refractivity contribution in [3.63, 3.8) is 0 Å². The minimum atomic E-state index is -1.33. The third-order valence-electron chi connectivity index (χ3n) is 4.38. The minimum absolute atomic E-state index is 0. The summed E-state index contributed by atoms with van der Waals surface area (Å²) >= 11 is 0. The third kappa shape index (κ3) is 14.7. The second-order valence-corrected chi connectivity index (χ2v) is 6.57. The van der Waals surface area contributed by atoms with Crippen LogP contribution in [0.5, 0.6) is 0 Å². The molecule has 0 aliphatic heterocycles. The van der Waals surface area contributed by atoms with E-state index in [9.17, 15) is 14.4 Å². The van der Waals surface area contributed by atoms with E-state index in [4.69, 9.17) is 26.9 Å². The zero-order valence-corrected chi connectivity index (χ0v) is 17.7. The monoisotopic (exact) mass is 568 g/mol. The van der Waals surface area contributed by atoms with E-state index in [-0.39, 0.29) is 46.0 Å². The number of carbonyl (C=O) groups is 3. The van der Waals surface area contributed by atoms with Gasteiger partial charge in [-0.25, -0.2) is 5.48 Å². The fraction of sp³-hybridized carbons (Fsp3) is 0.824. The SMILES string of the molecule is O=C(CCCCCCCC(C(=O)O)C(=O)O)NO.[NH-][C@@H]1CCCC[C@H]1[NH-].[Pt+2]. The topological polar surface area (TPSA) is 172 Å².